The lowest BCUT2D eigenvalue weighted by atomic mass is 10.1. The lowest BCUT2D eigenvalue weighted by Crippen LogP contribution is -2.53. The van der Waals surface area contributed by atoms with Crippen molar-refractivity contribution in [1.82, 2.24) is 19.4 Å². The molecule has 2 amide bonds. The highest BCUT2D eigenvalue weighted by atomic mass is 19.1. The lowest BCUT2D eigenvalue weighted by molar-refractivity contribution is -0.156. The van der Waals surface area contributed by atoms with Crippen molar-refractivity contribution in [2.24, 2.45) is 7.05 Å². The monoisotopic (exact) mass is 489 g/mol. The van der Waals surface area contributed by atoms with E-state index in [1.807, 2.05) is 37.5 Å². The standard InChI is InChI=1S/C24H32FN5O5/c1-14-12-28(13-19(32)35-24(2,3)4)10-11-29(14)15-6-7-16-21(20(15)25)27(5)23(34)30(16)17-8-9-18(31)26-22(17)33/h6-7,14,17H,8-13H2,1-5H3,(H,26,31,33)/t14-,17?/m0/s1. The second kappa shape index (κ2) is 9.10. The highest BCUT2D eigenvalue weighted by Gasteiger charge is 2.33. The van der Waals surface area contributed by atoms with E-state index in [2.05, 4.69) is 5.32 Å². The largest absolute Gasteiger partial charge is 0.459 e. The molecule has 0 aliphatic carbocycles. The van der Waals surface area contributed by atoms with E-state index in [4.69, 9.17) is 4.74 Å². The minimum atomic E-state index is -0.871. The fraction of sp³-hybridized carbons (Fsp3) is 0.583. The number of aryl methyl sites for hydroxylation is 1. The van der Waals surface area contributed by atoms with Crippen LogP contribution in [0.1, 0.15) is 46.6 Å². The number of hydrogen-bond acceptors (Lipinski definition) is 7. The van der Waals surface area contributed by atoms with E-state index in [9.17, 15) is 19.2 Å². The number of rotatable bonds is 4. The molecule has 2 aliphatic rings. The van der Waals surface area contributed by atoms with Gasteiger partial charge in [0.25, 0.3) is 0 Å². The topological polar surface area (TPSA) is 106 Å². The van der Waals surface area contributed by atoms with Crippen LogP contribution in [0.2, 0.25) is 0 Å². The molecule has 0 bridgehead atoms. The van der Waals surface area contributed by atoms with Crippen molar-refractivity contribution >= 4 is 34.5 Å². The minimum absolute atomic E-state index is 0.0904. The third-order valence-electron chi connectivity index (χ3n) is 6.48. The molecule has 11 heteroatoms. The fourth-order valence-corrected chi connectivity index (χ4v) is 4.96. The lowest BCUT2D eigenvalue weighted by Gasteiger charge is -2.41. The number of imide groups is 1. The van der Waals surface area contributed by atoms with Crippen LogP contribution in [-0.4, -0.2) is 69.6 Å². The Labute approximate surface area is 202 Å². The van der Waals surface area contributed by atoms with Gasteiger partial charge in [-0.05, 0) is 46.2 Å². The summed E-state index contributed by atoms with van der Waals surface area (Å²) in [5.41, 5.74) is -0.285. The second-order valence-corrected chi connectivity index (χ2v) is 10.3. The van der Waals surface area contributed by atoms with Crippen LogP contribution in [0.4, 0.5) is 10.1 Å². The summed E-state index contributed by atoms with van der Waals surface area (Å²) in [5.74, 6) is -1.78. The molecule has 1 N–H and O–H groups in total. The Morgan fingerprint density at radius 3 is 2.54 bits per heavy atom. The quantitative estimate of drug-likeness (QED) is 0.510. The smallest absolute Gasteiger partial charge is 0.329 e. The molecule has 4 rings (SSSR count). The van der Waals surface area contributed by atoms with Crippen LogP contribution in [0, 0.1) is 5.82 Å². The van der Waals surface area contributed by atoms with Gasteiger partial charge in [0.05, 0.1) is 17.7 Å². The van der Waals surface area contributed by atoms with Crippen molar-refractivity contribution in [2.45, 2.75) is 58.2 Å². The van der Waals surface area contributed by atoms with Gasteiger partial charge < -0.3 is 9.64 Å². The van der Waals surface area contributed by atoms with E-state index in [1.165, 1.54) is 16.2 Å². The average molecular weight is 490 g/mol. The minimum Gasteiger partial charge on any atom is -0.459 e. The number of anilines is 1. The van der Waals surface area contributed by atoms with Crippen LogP contribution < -0.4 is 15.9 Å². The highest BCUT2D eigenvalue weighted by Crippen LogP contribution is 2.31. The molecule has 3 heterocycles. The Hall–Kier alpha value is -3.21. The second-order valence-electron chi connectivity index (χ2n) is 10.3. The van der Waals surface area contributed by atoms with Gasteiger partial charge in [-0.1, -0.05) is 0 Å². The number of esters is 1. The number of nitrogens with one attached hydrogen (secondary N) is 1. The molecule has 2 fully saturated rings. The summed E-state index contributed by atoms with van der Waals surface area (Å²) in [6.07, 6.45) is 0.300. The van der Waals surface area contributed by atoms with Gasteiger partial charge in [0.1, 0.15) is 17.2 Å². The zero-order valence-corrected chi connectivity index (χ0v) is 20.8. The first-order valence-corrected chi connectivity index (χ1v) is 11.8. The Morgan fingerprint density at radius 1 is 1.20 bits per heavy atom. The molecule has 0 saturated carbocycles. The maximum absolute atomic E-state index is 15.8. The number of amides is 2. The molecule has 2 saturated heterocycles. The van der Waals surface area contributed by atoms with Crippen LogP contribution in [-0.2, 0) is 26.2 Å². The van der Waals surface area contributed by atoms with Crippen molar-refractivity contribution in [3.05, 3.63) is 28.4 Å². The van der Waals surface area contributed by atoms with Gasteiger partial charge in [0.2, 0.25) is 11.8 Å². The number of carbonyl (C=O) groups excluding carboxylic acids is 3. The van der Waals surface area contributed by atoms with E-state index < -0.39 is 29.1 Å². The molecule has 1 aromatic heterocycles. The van der Waals surface area contributed by atoms with Gasteiger partial charge >= 0.3 is 11.7 Å². The summed E-state index contributed by atoms with van der Waals surface area (Å²) in [4.78, 5) is 53.0. The number of benzene rings is 1. The number of aromatic nitrogens is 2. The molecule has 10 nitrogen and oxygen atoms in total. The van der Waals surface area contributed by atoms with E-state index in [1.54, 1.807) is 12.1 Å². The van der Waals surface area contributed by atoms with Gasteiger partial charge in [0.15, 0.2) is 5.82 Å². The van der Waals surface area contributed by atoms with E-state index in [0.29, 0.717) is 30.8 Å². The predicted octanol–water partition coefficient (Wildman–Crippen LogP) is 1.31. The molecule has 0 radical (unpaired) electrons. The molecule has 1 aromatic carbocycles. The van der Waals surface area contributed by atoms with Crippen LogP contribution in [0.3, 0.4) is 0 Å². The molecule has 35 heavy (non-hydrogen) atoms. The number of nitrogens with zero attached hydrogens (tertiary/aromatic N) is 4. The number of halogens is 1. The van der Waals surface area contributed by atoms with Crippen molar-refractivity contribution in [1.29, 1.82) is 0 Å². The number of carbonyl (C=O) groups is 3. The number of hydrogen-bond donors (Lipinski definition) is 1. The van der Waals surface area contributed by atoms with Gasteiger partial charge in [-0.3, -0.25) is 33.7 Å². The van der Waals surface area contributed by atoms with Crippen LogP contribution >= 0.6 is 0 Å². The summed E-state index contributed by atoms with van der Waals surface area (Å²) in [7, 11) is 1.47. The Kier molecular flexibility index (Phi) is 6.48. The Morgan fingerprint density at radius 2 is 1.91 bits per heavy atom. The summed E-state index contributed by atoms with van der Waals surface area (Å²) >= 11 is 0. The number of fused-ring (bicyclic) bond motifs is 1. The molecule has 1 unspecified atom stereocenters. The fourth-order valence-electron chi connectivity index (χ4n) is 4.96. The predicted molar refractivity (Wildman–Crippen MR) is 128 cm³/mol. The number of piperidine rings is 1. The van der Waals surface area contributed by atoms with Crippen LogP contribution in [0.15, 0.2) is 16.9 Å². The van der Waals surface area contributed by atoms with Crippen molar-refractivity contribution < 1.29 is 23.5 Å². The maximum Gasteiger partial charge on any atom is 0.329 e. The molecule has 2 aliphatic heterocycles. The summed E-state index contributed by atoms with van der Waals surface area (Å²) in [6, 6.07) is 2.31. The SMILES string of the molecule is C[C@H]1CN(CC(=O)OC(C)(C)C)CCN1c1ccc2c(c1F)n(C)c(=O)n2C1CCC(=O)NC1=O. The maximum atomic E-state index is 15.8. The molecular formula is C24H32FN5O5. The summed E-state index contributed by atoms with van der Waals surface area (Å²) in [5, 5.41) is 2.26. The zero-order chi connectivity index (χ0) is 25.7. The molecular weight excluding hydrogens is 457 g/mol. The summed E-state index contributed by atoms with van der Waals surface area (Å²) < 4.78 is 23.7. The molecule has 0 spiro atoms. The molecule has 190 valence electrons. The van der Waals surface area contributed by atoms with Crippen molar-refractivity contribution in [2.75, 3.05) is 31.1 Å². The van der Waals surface area contributed by atoms with Gasteiger partial charge in [-0.25, -0.2) is 9.18 Å². The first-order valence-electron chi connectivity index (χ1n) is 11.8. The Balaban J connectivity index is 1.59. The average Bonchev–Trinajstić information content (AvgIpc) is 2.99. The van der Waals surface area contributed by atoms with E-state index in [0.717, 1.165) is 0 Å². The van der Waals surface area contributed by atoms with Gasteiger partial charge in [-0.2, -0.15) is 0 Å². The van der Waals surface area contributed by atoms with Gasteiger partial charge in [-0.15, -0.1) is 0 Å². The number of piperazine rings is 1. The number of ether oxygens (including phenoxy) is 1. The van der Waals surface area contributed by atoms with Crippen molar-refractivity contribution in [3.8, 4) is 0 Å². The van der Waals surface area contributed by atoms with Crippen LogP contribution in [0.5, 0.6) is 0 Å². The first kappa shape index (κ1) is 24.9. The van der Waals surface area contributed by atoms with Crippen LogP contribution in [0.25, 0.3) is 11.0 Å². The number of imidazole rings is 1. The molecule has 2 aromatic rings. The first-order chi connectivity index (χ1) is 16.4. The summed E-state index contributed by atoms with van der Waals surface area (Å²) in [6.45, 7) is 9.19. The van der Waals surface area contributed by atoms with E-state index >= 15 is 4.39 Å². The normalized spacial score (nSPS) is 21.9. The molecule has 2 atom stereocenters. The van der Waals surface area contributed by atoms with Gasteiger partial charge in [0, 0.05) is 39.1 Å². The third kappa shape index (κ3) is 4.82. The zero-order valence-electron chi connectivity index (χ0n) is 20.8. The third-order valence-corrected chi connectivity index (χ3v) is 6.48. The van der Waals surface area contributed by atoms with Crippen molar-refractivity contribution in [3.63, 3.8) is 0 Å². The van der Waals surface area contributed by atoms with E-state index in [-0.39, 0.29) is 42.8 Å². The highest BCUT2D eigenvalue weighted by molar-refractivity contribution is 6.00. The Bertz CT molecular complexity index is 1240.